The number of benzene rings is 2. The van der Waals surface area contributed by atoms with Gasteiger partial charge in [0.25, 0.3) is 0 Å². The van der Waals surface area contributed by atoms with Crippen LogP contribution in [0.1, 0.15) is 5.56 Å². The van der Waals surface area contributed by atoms with Gasteiger partial charge in [0.05, 0.1) is 11.4 Å². The van der Waals surface area contributed by atoms with Crippen molar-refractivity contribution in [3.8, 4) is 0 Å². The molecule has 0 unspecified atom stereocenters. The van der Waals surface area contributed by atoms with Crippen molar-refractivity contribution in [3.05, 3.63) is 59.7 Å². The van der Waals surface area contributed by atoms with Crippen molar-refractivity contribution in [1.82, 2.24) is 0 Å². The third-order valence-electron chi connectivity index (χ3n) is 3.30. The molecule has 0 aromatic heterocycles. The Balaban J connectivity index is 1.92. The lowest BCUT2D eigenvalue weighted by Gasteiger charge is -2.20. The van der Waals surface area contributed by atoms with Gasteiger partial charge >= 0.3 is 10.2 Å². The number of anilines is 2. The predicted molar refractivity (Wildman–Crippen MR) is 76.4 cm³/mol. The summed E-state index contributed by atoms with van der Waals surface area (Å²) in [7, 11) is -3.94. The maximum absolute atomic E-state index is 13.6. The van der Waals surface area contributed by atoms with Crippen molar-refractivity contribution in [2.24, 2.45) is 0 Å². The number of hydrogen-bond acceptors (Lipinski definition) is 2. The largest absolute Gasteiger partial charge is 0.324 e. The quantitative estimate of drug-likeness (QED) is 0.947. The van der Waals surface area contributed by atoms with Gasteiger partial charge in [0.2, 0.25) is 0 Å². The van der Waals surface area contributed by atoms with Crippen LogP contribution in [-0.2, 0) is 16.6 Å². The summed E-state index contributed by atoms with van der Waals surface area (Å²) in [6, 6.07) is 9.82. The summed E-state index contributed by atoms with van der Waals surface area (Å²) in [5.74, 6) is -1.71. The van der Waals surface area contributed by atoms with Gasteiger partial charge in [0, 0.05) is 12.6 Å². The summed E-state index contributed by atoms with van der Waals surface area (Å²) in [4.78, 5) is 0. The maximum atomic E-state index is 13.6. The lowest BCUT2D eigenvalue weighted by atomic mass is 10.2. The monoisotopic (exact) mass is 310 g/mol. The standard InChI is InChI=1S/C14H12F2N2O2S/c15-11-5-6-13(12(16)9-11)17-21(19,20)18-8-7-10-3-1-2-4-14(10)18/h1-6,9,17H,7-8H2. The average molecular weight is 310 g/mol. The molecule has 3 rings (SSSR count). The number of hydrogen-bond donors (Lipinski definition) is 1. The van der Waals surface area contributed by atoms with Gasteiger partial charge in [-0.25, -0.2) is 8.78 Å². The molecule has 0 radical (unpaired) electrons. The average Bonchev–Trinajstić information content (AvgIpc) is 2.86. The van der Waals surface area contributed by atoms with Gasteiger partial charge in [-0.1, -0.05) is 18.2 Å². The van der Waals surface area contributed by atoms with Crippen LogP contribution in [0.4, 0.5) is 20.2 Å². The SMILES string of the molecule is O=S(=O)(Nc1ccc(F)cc1F)N1CCc2ccccc21. The molecule has 0 amide bonds. The normalized spacial score (nSPS) is 14.1. The number of nitrogens with zero attached hydrogens (tertiary/aromatic N) is 1. The van der Waals surface area contributed by atoms with E-state index < -0.39 is 21.8 Å². The minimum absolute atomic E-state index is 0.277. The molecule has 0 bridgehead atoms. The van der Waals surface area contributed by atoms with Gasteiger partial charge in [-0.2, -0.15) is 8.42 Å². The molecule has 4 nitrogen and oxygen atoms in total. The van der Waals surface area contributed by atoms with E-state index in [2.05, 4.69) is 4.72 Å². The summed E-state index contributed by atoms with van der Waals surface area (Å²) in [5.41, 5.74) is 1.22. The smallest absolute Gasteiger partial charge is 0.264 e. The fourth-order valence-electron chi connectivity index (χ4n) is 2.32. The molecular formula is C14H12F2N2O2S. The van der Waals surface area contributed by atoms with Crippen LogP contribution in [0.25, 0.3) is 0 Å². The highest BCUT2D eigenvalue weighted by molar-refractivity contribution is 7.94. The van der Waals surface area contributed by atoms with Gasteiger partial charge in [0.1, 0.15) is 11.6 Å². The third-order valence-corrected chi connectivity index (χ3v) is 4.74. The Morgan fingerprint density at radius 2 is 1.86 bits per heavy atom. The van der Waals surface area contributed by atoms with Gasteiger partial charge in [-0.15, -0.1) is 0 Å². The van der Waals surface area contributed by atoms with Gasteiger partial charge in [-0.3, -0.25) is 9.03 Å². The van der Waals surface area contributed by atoms with Crippen LogP contribution in [0.3, 0.4) is 0 Å². The lowest BCUT2D eigenvalue weighted by molar-refractivity contribution is 0.582. The Hall–Kier alpha value is -2.15. The molecule has 0 saturated carbocycles. The number of para-hydroxylation sites is 1. The third kappa shape index (κ3) is 2.56. The molecule has 21 heavy (non-hydrogen) atoms. The summed E-state index contributed by atoms with van der Waals surface area (Å²) < 4.78 is 54.5. The van der Waals surface area contributed by atoms with E-state index >= 15 is 0 Å². The Morgan fingerprint density at radius 3 is 2.62 bits per heavy atom. The van der Waals surface area contributed by atoms with Gasteiger partial charge in [0.15, 0.2) is 0 Å². The number of fused-ring (bicyclic) bond motifs is 1. The van der Waals surface area contributed by atoms with Crippen LogP contribution in [0, 0.1) is 11.6 Å². The zero-order chi connectivity index (χ0) is 15.0. The molecule has 0 fully saturated rings. The molecule has 1 N–H and O–H groups in total. The fraction of sp³-hybridized carbons (Fsp3) is 0.143. The summed E-state index contributed by atoms with van der Waals surface area (Å²) in [6.07, 6.45) is 0.600. The van der Waals surface area contributed by atoms with Crippen LogP contribution in [-0.4, -0.2) is 15.0 Å². The molecule has 110 valence electrons. The Morgan fingerprint density at radius 1 is 1.10 bits per heavy atom. The summed E-state index contributed by atoms with van der Waals surface area (Å²) in [5, 5.41) is 0. The van der Waals surface area contributed by atoms with Crippen LogP contribution in [0.2, 0.25) is 0 Å². The minimum Gasteiger partial charge on any atom is -0.264 e. The van der Waals surface area contributed by atoms with Crippen LogP contribution in [0.15, 0.2) is 42.5 Å². The molecule has 0 aliphatic carbocycles. The molecule has 2 aromatic rings. The molecule has 0 atom stereocenters. The first-order valence-electron chi connectivity index (χ1n) is 6.31. The van der Waals surface area contributed by atoms with E-state index in [9.17, 15) is 17.2 Å². The first-order valence-corrected chi connectivity index (χ1v) is 7.75. The van der Waals surface area contributed by atoms with Gasteiger partial charge in [-0.05, 0) is 30.2 Å². The second-order valence-corrected chi connectivity index (χ2v) is 6.28. The molecular weight excluding hydrogens is 298 g/mol. The second kappa shape index (κ2) is 5.00. The maximum Gasteiger partial charge on any atom is 0.324 e. The topological polar surface area (TPSA) is 49.4 Å². The summed E-state index contributed by atoms with van der Waals surface area (Å²) in [6.45, 7) is 0.289. The number of halogens is 2. The van der Waals surface area contributed by atoms with Crippen molar-refractivity contribution in [2.75, 3.05) is 15.6 Å². The second-order valence-electron chi connectivity index (χ2n) is 4.68. The van der Waals surface area contributed by atoms with Crippen molar-refractivity contribution in [3.63, 3.8) is 0 Å². The van der Waals surface area contributed by atoms with Crippen molar-refractivity contribution < 1.29 is 17.2 Å². The Bertz CT molecular complexity index is 793. The highest BCUT2D eigenvalue weighted by atomic mass is 32.2. The molecule has 1 aliphatic rings. The Kier molecular flexibility index (Phi) is 3.29. The van der Waals surface area contributed by atoms with E-state index in [0.29, 0.717) is 18.2 Å². The highest BCUT2D eigenvalue weighted by Crippen LogP contribution is 2.30. The fourth-order valence-corrected chi connectivity index (χ4v) is 3.65. The minimum atomic E-state index is -3.94. The first-order chi connectivity index (χ1) is 9.97. The van der Waals surface area contributed by atoms with Crippen LogP contribution >= 0.6 is 0 Å². The molecule has 1 aliphatic heterocycles. The van der Waals surface area contributed by atoms with E-state index in [1.807, 2.05) is 12.1 Å². The highest BCUT2D eigenvalue weighted by Gasteiger charge is 2.29. The van der Waals surface area contributed by atoms with E-state index in [4.69, 9.17) is 0 Å². The van der Waals surface area contributed by atoms with Crippen LogP contribution in [0.5, 0.6) is 0 Å². The number of rotatable bonds is 3. The molecule has 1 heterocycles. The molecule has 0 saturated heterocycles. The zero-order valence-corrected chi connectivity index (χ0v) is 11.7. The van der Waals surface area contributed by atoms with Gasteiger partial charge < -0.3 is 0 Å². The molecule has 0 spiro atoms. The predicted octanol–water partition coefficient (Wildman–Crippen LogP) is 2.68. The van der Waals surface area contributed by atoms with E-state index in [1.54, 1.807) is 12.1 Å². The van der Waals surface area contributed by atoms with Crippen molar-refractivity contribution in [2.45, 2.75) is 6.42 Å². The Labute approximate surface area is 121 Å². The van der Waals surface area contributed by atoms with E-state index in [-0.39, 0.29) is 12.2 Å². The summed E-state index contributed by atoms with van der Waals surface area (Å²) >= 11 is 0. The lowest BCUT2D eigenvalue weighted by Crippen LogP contribution is -2.34. The van der Waals surface area contributed by atoms with E-state index in [1.165, 1.54) is 4.31 Å². The molecule has 7 heteroatoms. The van der Waals surface area contributed by atoms with Crippen LogP contribution < -0.4 is 9.03 Å². The van der Waals surface area contributed by atoms with Crippen molar-refractivity contribution >= 4 is 21.6 Å². The van der Waals surface area contributed by atoms with Crippen molar-refractivity contribution in [1.29, 1.82) is 0 Å². The first kappa shape index (κ1) is 13.8. The van der Waals surface area contributed by atoms with E-state index in [0.717, 1.165) is 17.7 Å². The molecule has 2 aromatic carbocycles. The number of nitrogens with one attached hydrogen (secondary N) is 1. The zero-order valence-electron chi connectivity index (χ0n) is 10.9.